The van der Waals surface area contributed by atoms with Crippen LogP contribution in [0.2, 0.25) is 0 Å². The van der Waals surface area contributed by atoms with Gasteiger partial charge in [-0.1, -0.05) is 0 Å². The maximum atomic E-state index is 12.0. The molecule has 2 rings (SSSR count). The highest BCUT2D eigenvalue weighted by Crippen LogP contribution is 2.25. The Labute approximate surface area is 135 Å². The molecule has 2 amide bonds. The Balaban J connectivity index is 1.85. The number of piperidine rings is 1. The SMILES string of the molecule is COc1cc(NC(=O)CNC(=O)C2CCNCC2)cc(OC)c1. The topological polar surface area (TPSA) is 88.7 Å². The highest BCUT2D eigenvalue weighted by molar-refractivity contribution is 5.95. The number of nitrogens with one attached hydrogen (secondary N) is 3. The molecule has 1 saturated heterocycles. The van der Waals surface area contributed by atoms with E-state index in [1.54, 1.807) is 32.4 Å². The van der Waals surface area contributed by atoms with Gasteiger partial charge in [0.25, 0.3) is 0 Å². The molecular formula is C16H23N3O4. The molecule has 1 aliphatic rings. The van der Waals surface area contributed by atoms with E-state index in [0.29, 0.717) is 17.2 Å². The van der Waals surface area contributed by atoms with E-state index in [1.165, 1.54) is 0 Å². The van der Waals surface area contributed by atoms with Crippen LogP contribution in [0.15, 0.2) is 18.2 Å². The van der Waals surface area contributed by atoms with Crippen LogP contribution in [0.4, 0.5) is 5.69 Å². The summed E-state index contributed by atoms with van der Waals surface area (Å²) in [5.74, 6) is 0.796. The Kier molecular flexibility index (Phi) is 6.22. The third-order valence-corrected chi connectivity index (χ3v) is 3.77. The van der Waals surface area contributed by atoms with Gasteiger partial charge < -0.3 is 25.4 Å². The van der Waals surface area contributed by atoms with Crippen LogP contribution in [0.5, 0.6) is 11.5 Å². The number of benzene rings is 1. The molecule has 0 bridgehead atoms. The second-order valence-corrected chi connectivity index (χ2v) is 5.39. The van der Waals surface area contributed by atoms with Crippen molar-refractivity contribution in [1.29, 1.82) is 0 Å². The van der Waals surface area contributed by atoms with E-state index in [0.717, 1.165) is 25.9 Å². The number of hydrogen-bond donors (Lipinski definition) is 3. The third-order valence-electron chi connectivity index (χ3n) is 3.77. The fraction of sp³-hybridized carbons (Fsp3) is 0.500. The van der Waals surface area contributed by atoms with Crippen LogP contribution in [0.3, 0.4) is 0 Å². The van der Waals surface area contributed by atoms with E-state index in [-0.39, 0.29) is 24.3 Å². The van der Waals surface area contributed by atoms with Crippen molar-refractivity contribution in [1.82, 2.24) is 10.6 Å². The van der Waals surface area contributed by atoms with Crippen LogP contribution in [0.25, 0.3) is 0 Å². The van der Waals surface area contributed by atoms with Gasteiger partial charge in [0.1, 0.15) is 11.5 Å². The first-order valence-electron chi connectivity index (χ1n) is 7.63. The zero-order valence-electron chi connectivity index (χ0n) is 13.5. The lowest BCUT2D eigenvalue weighted by molar-refractivity contribution is -0.127. The Morgan fingerprint density at radius 3 is 2.30 bits per heavy atom. The first-order chi connectivity index (χ1) is 11.1. The molecule has 0 saturated carbocycles. The van der Waals surface area contributed by atoms with Crippen LogP contribution in [-0.2, 0) is 9.59 Å². The van der Waals surface area contributed by atoms with E-state index < -0.39 is 0 Å². The van der Waals surface area contributed by atoms with E-state index in [4.69, 9.17) is 9.47 Å². The van der Waals surface area contributed by atoms with Gasteiger partial charge in [-0.2, -0.15) is 0 Å². The van der Waals surface area contributed by atoms with Crippen molar-refractivity contribution in [3.8, 4) is 11.5 Å². The molecule has 0 spiro atoms. The lowest BCUT2D eigenvalue weighted by Gasteiger charge is -2.21. The molecule has 1 fully saturated rings. The van der Waals surface area contributed by atoms with Crippen LogP contribution in [0, 0.1) is 5.92 Å². The van der Waals surface area contributed by atoms with Crippen molar-refractivity contribution in [2.45, 2.75) is 12.8 Å². The summed E-state index contributed by atoms with van der Waals surface area (Å²) in [5.41, 5.74) is 0.558. The lowest BCUT2D eigenvalue weighted by atomic mass is 9.97. The summed E-state index contributed by atoms with van der Waals surface area (Å²) in [6.07, 6.45) is 1.61. The van der Waals surface area contributed by atoms with Crippen LogP contribution >= 0.6 is 0 Å². The monoisotopic (exact) mass is 321 g/mol. The van der Waals surface area contributed by atoms with E-state index in [2.05, 4.69) is 16.0 Å². The highest BCUT2D eigenvalue weighted by atomic mass is 16.5. The zero-order chi connectivity index (χ0) is 16.7. The summed E-state index contributed by atoms with van der Waals surface area (Å²) < 4.78 is 10.3. The third kappa shape index (κ3) is 5.14. The molecule has 0 radical (unpaired) electrons. The van der Waals surface area contributed by atoms with Crippen molar-refractivity contribution in [3.05, 3.63) is 18.2 Å². The Morgan fingerprint density at radius 2 is 1.74 bits per heavy atom. The van der Waals surface area contributed by atoms with E-state index in [1.807, 2.05) is 0 Å². The van der Waals surface area contributed by atoms with Gasteiger partial charge in [0.2, 0.25) is 11.8 Å². The molecule has 1 heterocycles. The number of hydrogen-bond acceptors (Lipinski definition) is 5. The molecular weight excluding hydrogens is 298 g/mol. The van der Waals surface area contributed by atoms with Gasteiger partial charge in [0.05, 0.1) is 20.8 Å². The van der Waals surface area contributed by atoms with Gasteiger partial charge >= 0.3 is 0 Å². The van der Waals surface area contributed by atoms with E-state index >= 15 is 0 Å². The number of methoxy groups -OCH3 is 2. The fourth-order valence-corrected chi connectivity index (χ4v) is 2.48. The minimum atomic E-state index is -0.289. The molecule has 1 aromatic carbocycles. The number of carbonyl (C=O) groups excluding carboxylic acids is 2. The average Bonchev–Trinajstić information content (AvgIpc) is 2.60. The summed E-state index contributed by atoms with van der Waals surface area (Å²) in [5, 5.41) is 8.62. The first-order valence-corrected chi connectivity index (χ1v) is 7.63. The van der Waals surface area contributed by atoms with Gasteiger partial charge in [-0.05, 0) is 25.9 Å². The quantitative estimate of drug-likeness (QED) is 0.720. The largest absolute Gasteiger partial charge is 0.497 e. The molecule has 7 nitrogen and oxygen atoms in total. The molecule has 23 heavy (non-hydrogen) atoms. The minimum absolute atomic E-state index is 0.0130. The molecule has 0 aliphatic carbocycles. The molecule has 7 heteroatoms. The summed E-state index contributed by atoms with van der Waals surface area (Å²) >= 11 is 0. The summed E-state index contributed by atoms with van der Waals surface area (Å²) in [4.78, 5) is 24.0. The number of ether oxygens (including phenoxy) is 2. The normalized spacial score (nSPS) is 14.9. The molecule has 0 atom stereocenters. The maximum absolute atomic E-state index is 12.0. The number of carbonyl (C=O) groups is 2. The molecule has 0 aromatic heterocycles. The highest BCUT2D eigenvalue weighted by Gasteiger charge is 2.21. The minimum Gasteiger partial charge on any atom is -0.497 e. The molecule has 1 aromatic rings. The summed E-state index contributed by atoms with van der Waals surface area (Å²) in [7, 11) is 3.08. The lowest BCUT2D eigenvalue weighted by Crippen LogP contribution is -2.41. The molecule has 3 N–H and O–H groups in total. The second kappa shape index (κ2) is 8.38. The number of anilines is 1. The number of amides is 2. The van der Waals surface area contributed by atoms with Crippen molar-refractivity contribution in [2.75, 3.05) is 39.2 Å². The number of rotatable bonds is 6. The van der Waals surface area contributed by atoms with Crippen LogP contribution < -0.4 is 25.4 Å². The van der Waals surface area contributed by atoms with Crippen LogP contribution in [0.1, 0.15) is 12.8 Å². The van der Waals surface area contributed by atoms with Gasteiger partial charge in [0, 0.05) is 29.8 Å². The predicted octanol–water partition coefficient (Wildman–Crippen LogP) is 0.758. The van der Waals surface area contributed by atoms with Gasteiger partial charge in [-0.25, -0.2) is 0 Å². The molecule has 0 unspecified atom stereocenters. The second-order valence-electron chi connectivity index (χ2n) is 5.39. The molecule has 1 aliphatic heterocycles. The van der Waals surface area contributed by atoms with Gasteiger partial charge in [0.15, 0.2) is 0 Å². The van der Waals surface area contributed by atoms with Gasteiger partial charge in [-0.15, -0.1) is 0 Å². The standard InChI is InChI=1S/C16H23N3O4/c1-22-13-7-12(8-14(9-13)23-2)19-15(20)10-18-16(21)11-3-5-17-6-4-11/h7-9,11,17H,3-6,10H2,1-2H3,(H,18,21)(H,19,20). The van der Waals surface area contributed by atoms with Crippen molar-refractivity contribution in [3.63, 3.8) is 0 Å². The summed E-state index contributed by atoms with van der Waals surface area (Å²) in [6, 6.07) is 5.10. The van der Waals surface area contributed by atoms with Gasteiger partial charge in [-0.3, -0.25) is 9.59 Å². The van der Waals surface area contributed by atoms with Crippen molar-refractivity contribution < 1.29 is 19.1 Å². The van der Waals surface area contributed by atoms with Crippen molar-refractivity contribution in [2.24, 2.45) is 5.92 Å². The Hall–Kier alpha value is -2.28. The van der Waals surface area contributed by atoms with Crippen molar-refractivity contribution >= 4 is 17.5 Å². The maximum Gasteiger partial charge on any atom is 0.243 e. The Morgan fingerprint density at radius 1 is 1.13 bits per heavy atom. The average molecular weight is 321 g/mol. The first kappa shape index (κ1) is 17.1. The smallest absolute Gasteiger partial charge is 0.243 e. The van der Waals surface area contributed by atoms with Crippen LogP contribution in [-0.4, -0.2) is 45.7 Å². The van der Waals surface area contributed by atoms with E-state index in [9.17, 15) is 9.59 Å². The Bertz CT molecular complexity index is 534. The molecule has 126 valence electrons. The predicted molar refractivity (Wildman–Crippen MR) is 86.8 cm³/mol. The zero-order valence-corrected chi connectivity index (χ0v) is 13.5. The summed E-state index contributed by atoms with van der Waals surface area (Å²) in [6.45, 7) is 1.63. The fourth-order valence-electron chi connectivity index (χ4n) is 2.48.